The number of anilines is 1. The fraction of sp³-hybridized carbons (Fsp3) is 0.545. The van der Waals surface area contributed by atoms with Gasteiger partial charge in [0.25, 0.3) is 5.91 Å². The van der Waals surface area contributed by atoms with Gasteiger partial charge in [0, 0.05) is 24.5 Å². The molecule has 1 aliphatic heterocycles. The van der Waals surface area contributed by atoms with Crippen LogP contribution in [0.15, 0.2) is 53.6 Å². The van der Waals surface area contributed by atoms with Crippen LogP contribution in [0.2, 0.25) is 5.02 Å². The summed E-state index contributed by atoms with van der Waals surface area (Å²) < 4.78 is 11.6. The molecule has 3 rings (SSSR count). The van der Waals surface area contributed by atoms with Gasteiger partial charge < -0.3 is 19.7 Å². The number of halogens is 1. The Hall–Kier alpha value is -2.31. The van der Waals surface area contributed by atoms with Gasteiger partial charge in [0.15, 0.2) is 6.61 Å². The van der Waals surface area contributed by atoms with E-state index in [1.54, 1.807) is 12.1 Å². The first-order valence-corrected chi connectivity index (χ1v) is 16.4. The quantitative estimate of drug-likeness (QED) is 0.156. The SMILES string of the molecule is CCCCCCCCCCCCCCOc1ccc(OCC(=O)Nc2ccccc2CN2C=C(C)SC2)cc1Cl. The number of hydrogen-bond acceptors (Lipinski definition) is 5. The van der Waals surface area contributed by atoms with Gasteiger partial charge in [-0.1, -0.05) is 107 Å². The van der Waals surface area contributed by atoms with Crippen molar-refractivity contribution in [1.29, 1.82) is 0 Å². The Kier molecular flexibility index (Phi) is 15.2. The van der Waals surface area contributed by atoms with Crippen molar-refractivity contribution < 1.29 is 14.3 Å². The lowest BCUT2D eigenvalue weighted by atomic mass is 10.1. The van der Waals surface area contributed by atoms with Gasteiger partial charge in [-0.15, -0.1) is 11.8 Å². The van der Waals surface area contributed by atoms with E-state index >= 15 is 0 Å². The number of rotatable bonds is 20. The van der Waals surface area contributed by atoms with Crippen LogP contribution in [0.5, 0.6) is 11.5 Å². The molecule has 0 spiro atoms. The summed E-state index contributed by atoms with van der Waals surface area (Å²) in [6.07, 6.45) is 18.0. The summed E-state index contributed by atoms with van der Waals surface area (Å²) in [6.45, 7) is 5.69. The Bertz CT molecular complexity index is 1060. The molecule has 0 saturated carbocycles. The summed E-state index contributed by atoms with van der Waals surface area (Å²) in [7, 11) is 0. The number of hydrogen-bond donors (Lipinski definition) is 1. The van der Waals surface area contributed by atoms with Crippen molar-refractivity contribution in [2.45, 2.75) is 97.4 Å². The van der Waals surface area contributed by atoms with Gasteiger partial charge in [0.2, 0.25) is 0 Å². The molecular formula is C33H47ClN2O3S. The van der Waals surface area contributed by atoms with Crippen molar-refractivity contribution in [2.24, 2.45) is 0 Å². The van der Waals surface area contributed by atoms with Gasteiger partial charge in [-0.05, 0) is 42.0 Å². The van der Waals surface area contributed by atoms with E-state index in [1.807, 2.05) is 42.1 Å². The van der Waals surface area contributed by atoms with Crippen LogP contribution in [0.1, 0.15) is 96.5 Å². The molecule has 40 heavy (non-hydrogen) atoms. The summed E-state index contributed by atoms with van der Waals surface area (Å²) in [5.74, 6) is 1.91. The monoisotopic (exact) mass is 586 g/mol. The molecule has 2 aromatic carbocycles. The molecule has 0 unspecified atom stereocenters. The van der Waals surface area contributed by atoms with Gasteiger partial charge in [0.05, 0.1) is 17.5 Å². The van der Waals surface area contributed by atoms with Crippen molar-refractivity contribution in [2.75, 3.05) is 24.4 Å². The lowest BCUT2D eigenvalue weighted by Gasteiger charge is -2.18. The first-order chi connectivity index (χ1) is 19.5. The second kappa shape index (κ2) is 18.9. The number of carbonyl (C=O) groups is 1. The molecule has 0 aliphatic carbocycles. The van der Waals surface area contributed by atoms with E-state index in [0.29, 0.717) is 23.1 Å². The molecule has 1 heterocycles. The standard InChI is InChI=1S/C33H47ClN2O3S/c1-3-4-5-6-7-8-9-10-11-12-13-16-21-38-32-20-19-29(22-30(32)34)39-25-33(37)35-31-18-15-14-17-28(31)24-36-23-27(2)40-26-36/h14-15,17-20,22-23H,3-13,16,21,24-26H2,1-2H3,(H,35,37). The molecule has 1 N–H and O–H groups in total. The summed E-state index contributed by atoms with van der Waals surface area (Å²) >= 11 is 8.24. The first-order valence-electron chi connectivity index (χ1n) is 15.0. The summed E-state index contributed by atoms with van der Waals surface area (Å²) in [4.78, 5) is 16.1. The number of unbranched alkanes of at least 4 members (excludes halogenated alkanes) is 11. The average Bonchev–Trinajstić information content (AvgIpc) is 3.36. The van der Waals surface area contributed by atoms with Crippen LogP contribution in [0.25, 0.3) is 0 Å². The van der Waals surface area contributed by atoms with Gasteiger partial charge in [-0.25, -0.2) is 0 Å². The minimum absolute atomic E-state index is 0.0949. The van der Waals surface area contributed by atoms with Crippen LogP contribution < -0.4 is 14.8 Å². The van der Waals surface area contributed by atoms with Crippen molar-refractivity contribution in [3.05, 3.63) is 64.2 Å². The zero-order chi connectivity index (χ0) is 28.4. The molecule has 220 valence electrons. The molecule has 1 amide bonds. The number of carbonyl (C=O) groups excluding carboxylic acids is 1. The number of thioether (sulfide) groups is 1. The fourth-order valence-electron chi connectivity index (χ4n) is 4.76. The maximum atomic E-state index is 12.6. The summed E-state index contributed by atoms with van der Waals surface area (Å²) in [5.41, 5.74) is 1.87. The second-order valence-electron chi connectivity index (χ2n) is 10.6. The van der Waals surface area contributed by atoms with Gasteiger partial charge in [-0.2, -0.15) is 0 Å². The molecule has 0 bridgehead atoms. The molecule has 0 aromatic heterocycles. The number of para-hydroxylation sites is 1. The molecule has 0 atom stereocenters. The topological polar surface area (TPSA) is 50.8 Å². The minimum atomic E-state index is -0.210. The number of benzene rings is 2. The third-order valence-corrected chi connectivity index (χ3v) is 8.33. The molecule has 1 aliphatic rings. The lowest BCUT2D eigenvalue weighted by molar-refractivity contribution is -0.118. The Morgan fingerprint density at radius 3 is 2.25 bits per heavy atom. The number of ether oxygens (including phenoxy) is 2. The molecular weight excluding hydrogens is 540 g/mol. The maximum Gasteiger partial charge on any atom is 0.262 e. The molecule has 0 radical (unpaired) electrons. The Balaban J connectivity index is 1.29. The Morgan fingerprint density at radius 2 is 1.60 bits per heavy atom. The molecule has 0 fully saturated rings. The van der Waals surface area contributed by atoms with Crippen molar-refractivity contribution in [3.8, 4) is 11.5 Å². The normalized spacial score (nSPS) is 12.9. The van der Waals surface area contributed by atoms with Gasteiger partial charge in [0.1, 0.15) is 11.5 Å². The van der Waals surface area contributed by atoms with E-state index in [0.717, 1.165) is 30.1 Å². The van der Waals surface area contributed by atoms with Crippen LogP contribution in [0, 0.1) is 0 Å². The molecule has 7 heteroatoms. The van der Waals surface area contributed by atoms with E-state index in [9.17, 15) is 4.79 Å². The Labute approximate surface area is 251 Å². The third-order valence-electron chi connectivity index (χ3n) is 7.02. The predicted molar refractivity (Wildman–Crippen MR) is 170 cm³/mol. The Morgan fingerprint density at radius 1 is 0.925 bits per heavy atom. The number of nitrogens with one attached hydrogen (secondary N) is 1. The predicted octanol–water partition coefficient (Wildman–Crippen LogP) is 9.80. The fourth-order valence-corrected chi connectivity index (χ4v) is 5.74. The average molecular weight is 587 g/mol. The molecule has 0 saturated heterocycles. The minimum Gasteiger partial charge on any atom is -0.492 e. The maximum absolute atomic E-state index is 12.6. The highest BCUT2D eigenvalue weighted by Crippen LogP contribution is 2.30. The zero-order valence-electron chi connectivity index (χ0n) is 24.4. The van der Waals surface area contributed by atoms with Crippen molar-refractivity contribution >= 4 is 35.0 Å². The van der Waals surface area contributed by atoms with Crippen LogP contribution >= 0.6 is 23.4 Å². The highest BCUT2D eigenvalue weighted by molar-refractivity contribution is 8.03. The van der Waals surface area contributed by atoms with Crippen LogP contribution in [0.3, 0.4) is 0 Å². The molecule has 2 aromatic rings. The van der Waals surface area contributed by atoms with E-state index in [4.69, 9.17) is 21.1 Å². The third kappa shape index (κ3) is 12.5. The number of allylic oxidation sites excluding steroid dienone is 1. The van der Waals surface area contributed by atoms with E-state index in [-0.39, 0.29) is 12.5 Å². The zero-order valence-corrected chi connectivity index (χ0v) is 26.0. The van der Waals surface area contributed by atoms with Crippen LogP contribution in [0.4, 0.5) is 5.69 Å². The smallest absolute Gasteiger partial charge is 0.262 e. The second-order valence-corrected chi connectivity index (χ2v) is 12.2. The van der Waals surface area contributed by atoms with Crippen molar-refractivity contribution in [3.63, 3.8) is 0 Å². The van der Waals surface area contributed by atoms with Gasteiger partial charge >= 0.3 is 0 Å². The largest absolute Gasteiger partial charge is 0.492 e. The van der Waals surface area contributed by atoms with E-state index in [1.165, 1.54) is 75.5 Å². The highest BCUT2D eigenvalue weighted by Gasteiger charge is 2.14. The van der Waals surface area contributed by atoms with Gasteiger partial charge in [-0.3, -0.25) is 4.79 Å². The van der Waals surface area contributed by atoms with Crippen molar-refractivity contribution in [1.82, 2.24) is 4.90 Å². The van der Waals surface area contributed by atoms with E-state index in [2.05, 4.69) is 30.3 Å². The number of nitrogens with zero attached hydrogens (tertiary/aromatic N) is 1. The summed E-state index contributed by atoms with van der Waals surface area (Å²) in [5, 5.41) is 3.48. The van der Waals surface area contributed by atoms with E-state index < -0.39 is 0 Å². The summed E-state index contributed by atoms with van der Waals surface area (Å²) in [6, 6.07) is 13.2. The molecule has 5 nitrogen and oxygen atoms in total. The van der Waals surface area contributed by atoms with Crippen LogP contribution in [-0.2, 0) is 11.3 Å². The highest BCUT2D eigenvalue weighted by atomic mass is 35.5. The lowest BCUT2D eigenvalue weighted by Crippen LogP contribution is -2.22. The van der Waals surface area contributed by atoms with Crippen LogP contribution in [-0.4, -0.2) is 29.9 Å². The number of amides is 1. The first kappa shape index (κ1) is 32.2.